The zero-order valence-corrected chi connectivity index (χ0v) is 34.5. The predicted octanol–water partition coefficient (Wildman–Crippen LogP) is 4.40. The Morgan fingerprint density at radius 3 is 2.26 bits per heavy atom. The van der Waals surface area contributed by atoms with Crippen LogP contribution in [-0.4, -0.2) is 95.6 Å². The number of ether oxygens (including phenoxy) is 3. The minimum Gasteiger partial charge on any atom is -0.479 e. The average molecular weight is 809 g/mol. The third-order valence-electron chi connectivity index (χ3n) is 13.1. The molecule has 0 bridgehead atoms. The summed E-state index contributed by atoms with van der Waals surface area (Å²) in [6, 6.07) is 5.12. The molecule has 10 atom stereocenters. The van der Waals surface area contributed by atoms with Crippen molar-refractivity contribution >= 4 is 44.6 Å². The summed E-state index contributed by atoms with van der Waals surface area (Å²) in [5.74, 6) is -1.25. The van der Waals surface area contributed by atoms with Gasteiger partial charge in [-0.15, -0.1) is 10.2 Å². The van der Waals surface area contributed by atoms with Gasteiger partial charge in [0.1, 0.15) is 29.8 Å². The summed E-state index contributed by atoms with van der Waals surface area (Å²) in [7, 11) is -2.51. The molecular weight excluding hydrogens is 753 g/mol. The van der Waals surface area contributed by atoms with Gasteiger partial charge in [-0.25, -0.2) is 13.2 Å². The highest BCUT2D eigenvalue weighted by atomic mass is 32.2. The zero-order chi connectivity index (χ0) is 40.9. The standard InChI is InChI=1S/C41H56N6O9S/c1-23-11-7-8-12-27-21-41(27,38(50)46-57(52,53)40(5)15-16-40)43-34(48)32-20-29(55-36-31-14-10-9-13-30(31)35(54-6)44-45-36)22-47(32)37(49)33(26(4)17-23)42-39(51)56-28-18-24(2)25(3)19-28/h8-10,12-14,23-29,32-33H,7,11,15-22H2,1-6H3,(H,42,51)(H,43,48)(H,46,50)/b12-8-/t23-,24-,25+,26+,27+,28?,29+,32-,33-,41+/m0/s1. The Bertz CT molecular complexity index is 2030. The van der Waals surface area contributed by atoms with Crippen LogP contribution in [0.2, 0.25) is 0 Å². The molecule has 5 aliphatic rings. The van der Waals surface area contributed by atoms with E-state index in [4.69, 9.17) is 14.2 Å². The summed E-state index contributed by atoms with van der Waals surface area (Å²) >= 11 is 0. The molecule has 1 aromatic carbocycles. The van der Waals surface area contributed by atoms with Gasteiger partial charge in [0.2, 0.25) is 33.6 Å². The van der Waals surface area contributed by atoms with Gasteiger partial charge in [-0.05, 0) is 94.1 Å². The van der Waals surface area contributed by atoms with Gasteiger partial charge in [-0.2, -0.15) is 0 Å². The van der Waals surface area contributed by atoms with Gasteiger partial charge >= 0.3 is 6.09 Å². The van der Waals surface area contributed by atoms with E-state index in [1.807, 2.05) is 43.3 Å². The monoisotopic (exact) mass is 808 g/mol. The van der Waals surface area contributed by atoms with Gasteiger partial charge in [0, 0.05) is 12.3 Å². The summed E-state index contributed by atoms with van der Waals surface area (Å²) in [6.07, 6.45) is 6.77. The molecule has 4 amide bonds. The number of fused-ring (bicyclic) bond motifs is 3. The first-order valence-corrected chi connectivity index (χ1v) is 21.8. The minimum atomic E-state index is -4.00. The molecule has 1 aromatic heterocycles. The number of rotatable bonds is 8. The van der Waals surface area contributed by atoms with Crippen molar-refractivity contribution in [1.82, 2.24) is 30.5 Å². The summed E-state index contributed by atoms with van der Waals surface area (Å²) in [5.41, 5.74) is -1.53. The normalized spacial score (nSPS) is 34.4. The van der Waals surface area contributed by atoms with Crippen LogP contribution < -0.4 is 24.8 Å². The molecule has 0 radical (unpaired) electrons. The molecule has 7 rings (SSSR count). The summed E-state index contributed by atoms with van der Waals surface area (Å²) < 4.78 is 45.4. The first-order valence-electron chi connectivity index (χ1n) is 20.3. The molecule has 57 heavy (non-hydrogen) atoms. The van der Waals surface area contributed by atoms with E-state index in [2.05, 4.69) is 46.3 Å². The van der Waals surface area contributed by atoms with E-state index in [1.165, 1.54) is 12.0 Å². The Morgan fingerprint density at radius 2 is 1.60 bits per heavy atom. The number of carbonyl (C=O) groups is 4. The molecule has 3 saturated carbocycles. The Labute approximate surface area is 334 Å². The van der Waals surface area contributed by atoms with Crippen LogP contribution >= 0.6 is 0 Å². The molecule has 2 aromatic rings. The maximum atomic E-state index is 14.9. The summed E-state index contributed by atoms with van der Waals surface area (Å²) in [6.45, 7) is 9.83. The highest BCUT2D eigenvalue weighted by molar-refractivity contribution is 7.91. The van der Waals surface area contributed by atoms with Crippen LogP contribution in [0.3, 0.4) is 0 Å². The molecule has 15 nitrogen and oxygen atoms in total. The first-order chi connectivity index (χ1) is 27.0. The Hall–Kier alpha value is -4.47. The topological polar surface area (TPSA) is 195 Å². The molecule has 2 aliphatic heterocycles. The molecule has 1 saturated heterocycles. The van der Waals surface area contributed by atoms with Gasteiger partial charge < -0.3 is 29.7 Å². The van der Waals surface area contributed by atoms with Crippen LogP contribution in [0.15, 0.2) is 36.4 Å². The van der Waals surface area contributed by atoms with Crippen molar-refractivity contribution in [1.29, 1.82) is 0 Å². The van der Waals surface area contributed by atoms with E-state index in [0.717, 1.165) is 19.3 Å². The van der Waals surface area contributed by atoms with Gasteiger partial charge in [-0.1, -0.05) is 52.0 Å². The Morgan fingerprint density at radius 1 is 0.930 bits per heavy atom. The number of sulfonamides is 1. The minimum absolute atomic E-state index is 0.0218. The van der Waals surface area contributed by atoms with Gasteiger partial charge in [0.25, 0.3) is 5.91 Å². The Kier molecular flexibility index (Phi) is 11.2. The number of allylic oxidation sites excluding steroid dienone is 1. The van der Waals surface area contributed by atoms with Crippen molar-refractivity contribution in [3.63, 3.8) is 0 Å². The predicted molar refractivity (Wildman–Crippen MR) is 210 cm³/mol. The van der Waals surface area contributed by atoms with Crippen LogP contribution in [0.25, 0.3) is 10.8 Å². The molecule has 310 valence electrons. The number of hydrogen-bond donors (Lipinski definition) is 3. The van der Waals surface area contributed by atoms with E-state index in [1.54, 1.807) is 6.92 Å². The van der Waals surface area contributed by atoms with Crippen molar-refractivity contribution in [2.45, 2.75) is 127 Å². The quantitative estimate of drug-likeness (QED) is 0.320. The lowest BCUT2D eigenvalue weighted by Gasteiger charge is -2.33. The number of nitrogens with zero attached hydrogens (tertiary/aromatic N) is 3. The average Bonchev–Trinajstić information content (AvgIpc) is 4.00. The second kappa shape index (κ2) is 15.7. The molecule has 4 fully saturated rings. The second-order valence-electron chi connectivity index (χ2n) is 17.6. The fourth-order valence-corrected chi connectivity index (χ4v) is 10.2. The summed E-state index contributed by atoms with van der Waals surface area (Å²) in [5, 5.41) is 15.6. The van der Waals surface area contributed by atoms with E-state index in [0.29, 0.717) is 54.2 Å². The first kappa shape index (κ1) is 40.7. The maximum Gasteiger partial charge on any atom is 0.408 e. The van der Waals surface area contributed by atoms with Crippen LogP contribution in [0.4, 0.5) is 4.79 Å². The molecular formula is C41H56N6O9S. The van der Waals surface area contributed by atoms with E-state index >= 15 is 0 Å². The van der Waals surface area contributed by atoms with E-state index in [9.17, 15) is 27.6 Å². The van der Waals surface area contributed by atoms with Crippen LogP contribution in [0.5, 0.6) is 11.8 Å². The molecule has 3 heterocycles. The fraction of sp³-hybridized carbons (Fsp3) is 0.659. The smallest absolute Gasteiger partial charge is 0.408 e. The lowest BCUT2D eigenvalue weighted by molar-refractivity contribution is -0.142. The highest BCUT2D eigenvalue weighted by Gasteiger charge is 2.63. The van der Waals surface area contributed by atoms with Crippen LogP contribution in [0.1, 0.15) is 92.4 Å². The third kappa shape index (κ3) is 8.28. The van der Waals surface area contributed by atoms with Gasteiger partial charge in [0.15, 0.2) is 0 Å². The van der Waals surface area contributed by atoms with Crippen molar-refractivity contribution < 1.29 is 41.8 Å². The maximum absolute atomic E-state index is 14.9. The number of aromatic nitrogens is 2. The van der Waals surface area contributed by atoms with Crippen molar-refractivity contribution in [2.75, 3.05) is 13.7 Å². The lowest BCUT2D eigenvalue weighted by Crippen LogP contribution is -2.59. The second-order valence-corrected chi connectivity index (χ2v) is 19.8. The van der Waals surface area contributed by atoms with E-state index < -0.39 is 68.2 Å². The Balaban J connectivity index is 1.21. The largest absolute Gasteiger partial charge is 0.479 e. The SMILES string of the molecule is COc1nnc(O[C@@H]2C[C@H]3C(=O)N[C@]4(C(=O)NS(=O)(=O)C5(C)CC5)C[C@H]4/C=C\CC[C@H](C)C[C@@H](C)[C@H](NC(=O)OC4C[C@@H](C)[C@@H](C)C4)C(=O)N3C2)c2ccccc12. The van der Waals surface area contributed by atoms with Crippen molar-refractivity contribution in [3.8, 4) is 11.8 Å². The van der Waals surface area contributed by atoms with Gasteiger partial charge in [-0.3, -0.25) is 19.1 Å². The molecule has 3 N–H and O–H groups in total. The summed E-state index contributed by atoms with van der Waals surface area (Å²) in [4.78, 5) is 58.4. The van der Waals surface area contributed by atoms with Crippen molar-refractivity contribution in [3.05, 3.63) is 36.4 Å². The molecule has 1 unspecified atom stereocenters. The molecule has 0 spiro atoms. The zero-order valence-electron chi connectivity index (χ0n) is 33.7. The number of benzene rings is 1. The van der Waals surface area contributed by atoms with Crippen LogP contribution in [-0.2, 0) is 29.1 Å². The number of hydrogen-bond acceptors (Lipinski definition) is 11. The molecule has 16 heteroatoms. The third-order valence-corrected chi connectivity index (χ3v) is 15.3. The number of methoxy groups -OCH3 is 1. The highest BCUT2D eigenvalue weighted by Crippen LogP contribution is 2.48. The number of alkyl carbamates (subject to hydrolysis) is 1. The van der Waals surface area contributed by atoms with E-state index in [-0.39, 0.29) is 43.2 Å². The lowest BCUT2D eigenvalue weighted by atomic mass is 9.88. The molecule has 3 aliphatic carbocycles. The number of carbonyl (C=O) groups excluding carboxylic acids is 4. The number of nitrogens with one attached hydrogen (secondary N) is 3. The van der Waals surface area contributed by atoms with Gasteiger partial charge in [0.05, 0.1) is 29.2 Å². The van der Waals surface area contributed by atoms with Crippen LogP contribution in [0, 0.1) is 29.6 Å². The fourth-order valence-electron chi connectivity index (χ4n) is 8.85. The van der Waals surface area contributed by atoms with Crippen molar-refractivity contribution in [2.24, 2.45) is 29.6 Å². The number of amides is 4.